The van der Waals surface area contributed by atoms with Gasteiger partial charge in [0.2, 0.25) is 0 Å². The Bertz CT molecular complexity index is 1450. The molecular formula is C29H31N5O4. The van der Waals surface area contributed by atoms with Gasteiger partial charge >= 0.3 is 5.97 Å². The lowest BCUT2D eigenvalue weighted by molar-refractivity contribution is -0.139. The molecule has 0 aliphatic carbocycles. The van der Waals surface area contributed by atoms with Crippen LogP contribution in [0.15, 0.2) is 60.8 Å². The minimum atomic E-state index is -1.09. The fraction of sp³-hybridized carbons (Fsp3) is 0.310. The fourth-order valence-electron chi connectivity index (χ4n) is 4.63. The molecule has 1 aliphatic rings. The zero-order chi connectivity index (χ0) is 26.5. The summed E-state index contributed by atoms with van der Waals surface area (Å²) in [5.74, 6) is 0.182. The summed E-state index contributed by atoms with van der Waals surface area (Å²) >= 11 is 0. The van der Waals surface area contributed by atoms with Crippen LogP contribution in [-0.2, 0) is 31.1 Å². The van der Waals surface area contributed by atoms with Gasteiger partial charge in [-0.1, -0.05) is 24.3 Å². The quantitative estimate of drug-likeness (QED) is 0.276. The molecule has 5 rings (SSSR count). The first kappa shape index (κ1) is 25.3. The maximum absolute atomic E-state index is 12.7. The number of amides is 1. The van der Waals surface area contributed by atoms with E-state index in [0.717, 1.165) is 54.7 Å². The highest BCUT2D eigenvalue weighted by molar-refractivity contribution is 5.99. The van der Waals surface area contributed by atoms with Crippen LogP contribution in [0.5, 0.6) is 5.75 Å². The van der Waals surface area contributed by atoms with Crippen molar-refractivity contribution in [3.05, 3.63) is 83.2 Å². The van der Waals surface area contributed by atoms with Crippen molar-refractivity contribution < 1.29 is 19.4 Å². The molecule has 2 aromatic heterocycles. The number of fused-ring (bicyclic) bond motifs is 2. The van der Waals surface area contributed by atoms with Gasteiger partial charge in [-0.15, -0.1) is 0 Å². The molecule has 1 aliphatic heterocycles. The molecule has 38 heavy (non-hydrogen) atoms. The number of anilines is 1. The van der Waals surface area contributed by atoms with Crippen molar-refractivity contribution in [3.8, 4) is 5.75 Å². The number of carbonyl (C=O) groups excluding carboxylic acids is 1. The summed E-state index contributed by atoms with van der Waals surface area (Å²) in [6.45, 7) is 1.53. The van der Waals surface area contributed by atoms with Crippen molar-refractivity contribution in [1.29, 1.82) is 0 Å². The SMILES string of the molecule is Cn1cc2ccc(C(=O)N[C@@H](Cc3ccc(OCCCc4ccc5c(n4)NCCC5)cc3)C(=O)O)cc2n1. The number of rotatable bonds is 10. The van der Waals surface area contributed by atoms with Crippen LogP contribution in [0.4, 0.5) is 5.82 Å². The lowest BCUT2D eigenvalue weighted by Crippen LogP contribution is -2.42. The number of carboxylic acid groups (broad SMARTS) is 1. The lowest BCUT2D eigenvalue weighted by atomic mass is 10.0. The summed E-state index contributed by atoms with van der Waals surface area (Å²) < 4.78 is 7.54. The van der Waals surface area contributed by atoms with E-state index in [9.17, 15) is 14.7 Å². The van der Waals surface area contributed by atoms with Crippen LogP contribution in [0.2, 0.25) is 0 Å². The Morgan fingerprint density at radius 3 is 2.82 bits per heavy atom. The zero-order valence-corrected chi connectivity index (χ0v) is 21.3. The lowest BCUT2D eigenvalue weighted by Gasteiger charge is -2.17. The van der Waals surface area contributed by atoms with Gasteiger partial charge in [0.15, 0.2) is 0 Å². The van der Waals surface area contributed by atoms with Crippen LogP contribution in [0.25, 0.3) is 10.9 Å². The van der Waals surface area contributed by atoms with Gasteiger partial charge in [-0.2, -0.15) is 5.10 Å². The van der Waals surface area contributed by atoms with Gasteiger partial charge in [0.25, 0.3) is 5.91 Å². The Morgan fingerprint density at radius 2 is 2.00 bits per heavy atom. The van der Waals surface area contributed by atoms with Gasteiger partial charge in [-0.05, 0) is 67.1 Å². The van der Waals surface area contributed by atoms with Crippen molar-refractivity contribution in [2.75, 3.05) is 18.5 Å². The zero-order valence-electron chi connectivity index (χ0n) is 21.3. The Labute approximate surface area is 220 Å². The van der Waals surface area contributed by atoms with Crippen LogP contribution in [0, 0.1) is 0 Å². The van der Waals surface area contributed by atoms with Crippen LogP contribution in [0.3, 0.4) is 0 Å². The van der Waals surface area contributed by atoms with Gasteiger partial charge in [-0.25, -0.2) is 9.78 Å². The molecule has 196 valence electrons. The van der Waals surface area contributed by atoms with E-state index in [2.05, 4.69) is 27.9 Å². The van der Waals surface area contributed by atoms with E-state index >= 15 is 0 Å². The van der Waals surface area contributed by atoms with Gasteiger partial charge in [0.05, 0.1) is 12.1 Å². The Balaban J connectivity index is 1.11. The van der Waals surface area contributed by atoms with Crippen LogP contribution in [0.1, 0.15) is 40.0 Å². The highest BCUT2D eigenvalue weighted by Gasteiger charge is 2.21. The normalized spacial score (nSPS) is 13.4. The minimum absolute atomic E-state index is 0.158. The van der Waals surface area contributed by atoms with E-state index < -0.39 is 17.9 Å². The smallest absolute Gasteiger partial charge is 0.326 e. The molecule has 0 saturated carbocycles. The number of aromatic nitrogens is 3. The monoisotopic (exact) mass is 513 g/mol. The predicted octanol–water partition coefficient (Wildman–Crippen LogP) is 3.76. The maximum atomic E-state index is 12.7. The highest BCUT2D eigenvalue weighted by Crippen LogP contribution is 2.20. The van der Waals surface area contributed by atoms with Crippen LogP contribution in [-0.4, -0.2) is 50.9 Å². The third kappa shape index (κ3) is 6.11. The fourth-order valence-corrected chi connectivity index (χ4v) is 4.63. The molecule has 0 saturated heterocycles. The Hall–Kier alpha value is -4.40. The largest absolute Gasteiger partial charge is 0.494 e. The second-order valence-electron chi connectivity index (χ2n) is 9.58. The van der Waals surface area contributed by atoms with E-state index in [1.165, 1.54) is 5.56 Å². The second-order valence-corrected chi connectivity index (χ2v) is 9.58. The number of hydrogen-bond acceptors (Lipinski definition) is 6. The molecule has 0 fully saturated rings. The van der Waals surface area contributed by atoms with Crippen molar-refractivity contribution in [2.45, 2.75) is 38.1 Å². The third-order valence-electron chi connectivity index (χ3n) is 6.65. The topological polar surface area (TPSA) is 118 Å². The Morgan fingerprint density at radius 1 is 1.16 bits per heavy atom. The molecule has 0 unspecified atom stereocenters. The Kier molecular flexibility index (Phi) is 7.53. The van der Waals surface area contributed by atoms with Gasteiger partial charge < -0.3 is 20.5 Å². The van der Waals surface area contributed by atoms with Crippen molar-refractivity contribution >= 4 is 28.6 Å². The van der Waals surface area contributed by atoms with E-state index in [0.29, 0.717) is 23.4 Å². The summed E-state index contributed by atoms with van der Waals surface area (Å²) in [7, 11) is 1.81. The number of benzene rings is 2. The van der Waals surface area contributed by atoms with Crippen LogP contribution < -0.4 is 15.4 Å². The molecule has 9 nitrogen and oxygen atoms in total. The number of aryl methyl sites for hydroxylation is 3. The van der Waals surface area contributed by atoms with E-state index in [1.54, 1.807) is 22.9 Å². The molecular weight excluding hydrogens is 482 g/mol. The molecule has 2 aromatic carbocycles. The average molecular weight is 514 g/mol. The molecule has 0 spiro atoms. The molecule has 9 heteroatoms. The molecule has 4 aromatic rings. The van der Waals surface area contributed by atoms with Crippen molar-refractivity contribution in [2.24, 2.45) is 7.05 Å². The highest BCUT2D eigenvalue weighted by atomic mass is 16.5. The third-order valence-corrected chi connectivity index (χ3v) is 6.65. The first-order chi connectivity index (χ1) is 18.4. The summed E-state index contributed by atoms with van der Waals surface area (Å²) in [5, 5.41) is 20.9. The molecule has 0 bridgehead atoms. The predicted molar refractivity (Wildman–Crippen MR) is 145 cm³/mol. The van der Waals surface area contributed by atoms with Crippen molar-refractivity contribution in [3.63, 3.8) is 0 Å². The average Bonchev–Trinajstić information content (AvgIpc) is 3.30. The number of carbonyl (C=O) groups is 2. The number of pyridine rings is 1. The summed E-state index contributed by atoms with van der Waals surface area (Å²) in [5.41, 5.74) is 4.17. The molecule has 1 atom stereocenters. The number of hydrogen-bond donors (Lipinski definition) is 3. The maximum Gasteiger partial charge on any atom is 0.326 e. The van der Waals surface area contributed by atoms with Crippen LogP contribution >= 0.6 is 0 Å². The molecule has 3 N–H and O–H groups in total. The first-order valence-corrected chi connectivity index (χ1v) is 12.9. The summed E-state index contributed by atoms with van der Waals surface area (Å²) in [6, 6.07) is 15.6. The number of carboxylic acids is 1. The van der Waals surface area contributed by atoms with Gasteiger partial charge in [0.1, 0.15) is 17.6 Å². The second kappa shape index (κ2) is 11.3. The van der Waals surface area contributed by atoms with E-state index in [4.69, 9.17) is 9.72 Å². The summed E-state index contributed by atoms with van der Waals surface area (Å²) in [4.78, 5) is 29.3. The first-order valence-electron chi connectivity index (χ1n) is 12.9. The summed E-state index contributed by atoms with van der Waals surface area (Å²) in [6.07, 6.45) is 5.91. The number of aliphatic carboxylic acids is 1. The van der Waals surface area contributed by atoms with Gasteiger partial charge in [0, 0.05) is 42.9 Å². The standard InChI is InChI=1S/C29H31N5O4/c1-34-18-22-9-8-21(17-25(22)33-34)28(35)32-26(29(36)37)16-19-6-12-24(13-7-19)38-15-3-5-23-11-10-20-4-2-14-30-27(20)31-23/h6-13,17-18,26H,2-5,14-16H2,1H3,(H,30,31)(H,32,35)(H,36,37)/t26-/m0/s1. The minimum Gasteiger partial charge on any atom is -0.494 e. The van der Waals surface area contributed by atoms with Gasteiger partial charge in [-0.3, -0.25) is 9.48 Å². The number of nitrogens with zero attached hydrogens (tertiary/aromatic N) is 3. The molecule has 3 heterocycles. The molecule has 1 amide bonds. The number of ether oxygens (including phenoxy) is 1. The van der Waals surface area contributed by atoms with Crippen molar-refractivity contribution in [1.82, 2.24) is 20.1 Å². The molecule has 0 radical (unpaired) electrons. The number of nitrogens with one attached hydrogen (secondary N) is 2. The van der Waals surface area contributed by atoms with E-state index in [1.807, 2.05) is 37.5 Å². The van der Waals surface area contributed by atoms with E-state index in [-0.39, 0.29) is 6.42 Å².